The Morgan fingerprint density at radius 2 is 2.50 bits per heavy atom. The zero-order valence-electron chi connectivity index (χ0n) is 7.69. The van der Waals surface area contributed by atoms with Gasteiger partial charge in [0, 0.05) is 17.8 Å². The number of rotatable bonds is 2. The van der Waals surface area contributed by atoms with Gasteiger partial charge in [0.05, 0.1) is 13.7 Å². The Kier molecular flexibility index (Phi) is 2.22. The average molecular weight is 194 g/mol. The quantitative estimate of drug-likeness (QED) is 0.758. The molecule has 1 unspecified atom stereocenters. The minimum atomic E-state index is -0.384. The van der Waals surface area contributed by atoms with Crippen LogP contribution in [0.1, 0.15) is 11.7 Å². The third kappa shape index (κ3) is 1.61. The summed E-state index contributed by atoms with van der Waals surface area (Å²) in [5.41, 5.74) is 0.865. The topological polar surface area (TPSA) is 60.5 Å². The number of hydrogen-bond donors (Lipinski definition) is 1. The molecule has 74 valence electrons. The van der Waals surface area contributed by atoms with Crippen molar-refractivity contribution in [3.05, 3.63) is 23.9 Å². The molecule has 1 saturated heterocycles. The van der Waals surface area contributed by atoms with Gasteiger partial charge in [0.1, 0.15) is 6.10 Å². The van der Waals surface area contributed by atoms with Crippen molar-refractivity contribution in [2.45, 2.75) is 6.10 Å². The lowest BCUT2D eigenvalue weighted by atomic mass is 10.2. The number of nitrogens with zero attached hydrogens (tertiary/aromatic N) is 1. The molecule has 0 aliphatic carbocycles. The third-order valence-electron chi connectivity index (χ3n) is 2.02. The monoisotopic (exact) mass is 194 g/mol. The number of cyclic esters (lactones) is 1. The van der Waals surface area contributed by atoms with Crippen LogP contribution in [0.25, 0.3) is 0 Å². The first kappa shape index (κ1) is 8.80. The Hall–Kier alpha value is -1.78. The number of aromatic nitrogens is 1. The second kappa shape index (κ2) is 3.53. The first-order chi connectivity index (χ1) is 6.79. The Morgan fingerprint density at radius 1 is 1.64 bits per heavy atom. The van der Waals surface area contributed by atoms with Gasteiger partial charge in [-0.25, -0.2) is 9.78 Å². The fraction of sp³-hybridized carbons (Fsp3) is 0.333. The Bertz CT molecular complexity index is 336. The fourth-order valence-corrected chi connectivity index (χ4v) is 1.28. The van der Waals surface area contributed by atoms with Crippen molar-refractivity contribution in [2.24, 2.45) is 0 Å². The molecule has 0 spiro atoms. The van der Waals surface area contributed by atoms with E-state index in [2.05, 4.69) is 10.3 Å². The zero-order valence-corrected chi connectivity index (χ0v) is 7.69. The Balaban J connectivity index is 2.13. The van der Waals surface area contributed by atoms with Gasteiger partial charge in [-0.3, -0.25) is 0 Å². The largest absolute Gasteiger partial charge is 0.481 e. The molecule has 14 heavy (non-hydrogen) atoms. The smallest absolute Gasteiger partial charge is 0.407 e. The second-order valence-corrected chi connectivity index (χ2v) is 2.91. The highest BCUT2D eigenvalue weighted by atomic mass is 16.6. The maximum Gasteiger partial charge on any atom is 0.407 e. The van der Waals surface area contributed by atoms with E-state index < -0.39 is 0 Å². The van der Waals surface area contributed by atoms with Gasteiger partial charge in [0.25, 0.3) is 0 Å². The standard InChI is InChI=1S/C9H10N2O3/c1-13-8-3-2-6(4-10-8)7-5-11-9(12)14-7/h2-4,7H,5H2,1H3,(H,11,12). The molecule has 1 aliphatic rings. The van der Waals surface area contributed by atoms with Crippen molar-refractivity contribution in [3.63, 3.8) is 0 Å². The molecule has 1 fully saturated rings. The lowest BCUT2D eigenvalue weighted by Gasteiger charge is -2.07. The van der Waals surface area contributed by atoms with Crippen LogP contribution in [0.15, 0.2) is 18.3 Å². The van der Waals surface area contributed by atoms with E-state index in [9.17, 15) is 4.79 Å². The summed E-state index contributed by atoms with van der Waals surface area (Å²) in [5, 5.41) is 2.58. The van der Waals surface area contributed by atoms with Gasteiger partial charge in [-0.05, 0) is 6.07 Å². The highest BCUT2D eigenvalue weighted by Crippen LogP contribution is 2.21. The van der Waals surface area contributed by atoms with E-state index in [1.807, 2.05) is 6.07 Å². The van der Waals surface area contributed by atoms with Gasteiger partial charge in [0.15, 0.2) is 0 Å². The van der Waals surface area contributed by atoms with Crippen molar-refractivity contribution in [2.75, 3.05) is 13.7 Å². The summed E-state index contributed by atoms with van der Waals surface area (Å²) in [6.07, 6.45) is 1.02. The summed E-state index contributed by atoms with van der Waals surface area (Å²) in [5.74, 6) is 0.547. The van der Waals surface area contributed by atoms with Gasteiger partial charge in [-0.15, -0.1) is 0 Å². The van der Waals surface area contributed by atoms with Crippen LogP contribution in [0.5, 0.6) is 5.88 Å². The number of hydrogen-bond acceptors (Lipinski definition) is 4. The van der Waals surface area contributed by atoms with Crippen LogP contribution in [0, 0.1) is 0 Å². The molecule has 5 nitrogen and oxygen atoms in total. The molecule has 2 rings (SSSR count). The molecular weight excluding hydrogens is 184 g/mol. The summed E-state index contributed by atoms with van der Waals surface area (Å²) in [6.45, 7) is 0.493. The number of carbonyl (C=O) groups excluding carboxylic acids is 1. The molecular formula is C9H10N2O3. The SMILES string of the molecule is COc1ccc(C2CNC(=O)O2)cn1. The zero-order chi connectivity index (χ0) is 9.97. The molecule has 2 heterocycles. The van der Waals surface area contributed by atoms with Crippen molar-refractivity contribution in [1.82, 2.24) is 10.3 Å². The third-order valence-corrected chi connectivity index (χ3v) is 2.02. The van der Waals surface area contributed by atoms with Gasteiger partial charge < -0.3 is 14.8 Å². The molecule has 1 atom stereocenters. The van der Waals surface area contributed by atoms with Gasteiger partial charge >= 0.3 is 6.09 Å². The Labute approximate surface area is 81.0 Å². The number of ether oxygens (including phenoxy) is 2. The van der Waals surface area contributed by atoms with Crippen LogP contribution in [-0.4, -0.2) is 24.7 Å². The number of pyridine rings is 1. The second-order valence-electron chi connectivity index (χ2n) is 2.91. The average Bonchev–Trinajstić information content (AvgIpc) is 2.65. The summed E-state index contributed by atoms with van der Waals surface area (Å²) < 4.78 is 9.91. The van der Waals surface area contributed by atoms with E-state index in [0.717, 1.165) is 5.56 Å². The van der Waals surface area contributed by atoms with Crippen molar-refractivity contribution >= 4 is 6.09 Å². The highest BCUT2D eigenvalue weighted by Gasteiger charge is 2.24. The van der Waals surface area contributed by atoms with E-state index in [0.29, 0.717) is 12.4 Å². The van der Waals surface area contributed by atoms with E-state index in [1.165, 1.54) is 0 Å². The summed E-state index contributed by atoms with van der Waals surface area (Å²) in [7, 11) is 1.55. The fourth-order valence-electron chi connectivity index (χ4n) is 1.28. The molecule has 0 aromatic carbocycles. The maximum absolute atomic E-state index is 10.8. The van der Waals surface area contributed by atoms with E-state index in [4.69, 9.17) is 9.47 Å². The highest BCUT2D eigenvalue weighted by molar-refractivity contribution is 5.69. The van der Waals surface area contributed by atoms with Gasteiger partial charge in [-0.2, -0.15) is 0 Å². The number of carbonyl (C=O) groups is 1. The van der Waals surface area contributed by atoms with Crippen molar-refractivity contribution in [3.8, 4) is 5.88 Å². The molecule has 1 N–H and O–H groups in total. The first-order valence-corrected chi connectivity index (χ1v) is 4.24. The minimum absolute atomic E-state index is 0.235. The van der Waals surface area contributed by atoms with Crippen molar-refractivity contribution in [1.29, 1.82) is 0 Å². The molecule has 1 aromatic rings. The van der Waals surface area contributed by atoms with Crippen molar-refractivity contribution < 1.29 is 14.3 Å². The van der Waals surface area contributed by atoms with Crippen LogP contribution < -0.4 is 10.1 Å². The lowest BCUT2D eigenvalue weighted by Crippen LogP contribution is -2.12. The molecule has 1 aromatic heterocycles. The van der Waals surface area contributed by atoms with Crippen LogP contribution in [0.2, 0.25) is 0 Å². The summed E-state index contributed by atoms with van der Waals surface area (Å²) in [4.78, 5) is 14.8. The minimum Gasteiger partial charge on any atom is -0.481 e. The summed E-state index contributed by atoms with van der Waals surface area (Å²) in [6, 6.07) is 3.57. The molecule has 1 aliphatic heterocycles. The molecule has 0 bridgehead atoms. The number of methoxy groups -OCH3 is 1. The van der Waals surface area contributed by atoms with Crippen LogP contribution in [0.3, 0.4) is 0 Å². The number of amides is 1. The van der Waals surface area contributed by atoms with E-state index in [1.54, 1.807) is 19.4 Å². The number of alkyl carbamates (subject to hydrolysis) is 1. The normalized spacial score (nSPS) is 20.1. The van der Waals surface area contributed by atoms with Gasteiger partial charge in [0.2, 0.25) is 5.88 Å². The summed E-state index contributed by atoms with van der Waals surface area (Å²) >= 11 is 0. The Morgan fingerprint density at radius 3 is 3.00 bits per heavy atom. The van der Waals surface area contributed by atoms with Crippen LogP contribution in [-0.2, 0) is 4.74 Å². The first-order valence-electron chi connectivity index (χ1n) is 4.24. The molecule has 5 heteroatoms. The predicted octanol–water partition coefficient (Wildman–Crippen LogP) is 0.871. The maximum atomic E-state index is 10.8. The van der Waals surface area contributed by atoms with Gasteiger partial charge in [-0.1, -0.05) is 0 Å². The van der Waals surface area contributed by atoms with E-state index in [-0.39, 0.29) is 12.2 Å². The van der Waals surface area contributed by atoms with E-state index >= 15 is 0 Å². The van der Waals surface area contributed by atoms with Crippen LogP contribution in [0.4, 0.5) is 4.79 Å². The molecule has 0 radical (unpaired) electrons. The van der Waals surface area contributed by atoms with Crippen LogP contribution >= 0.6 is 0 Å². The molecule has 1 amide bonds. The lowest BCUT2D eigenvalue weighted by molar-refractivity contribution is 0.141. The molecule has 0 saturated carbocycles. The predicted molar refractivity (Wildman–Crippen MR) is 48.0 cm³/mol. The number of nitrogens with one attached hydrogen (secondary N) is 1.